The first-order valence-electron chi connectivity index (χ1n) is 9.11. The third-order valence-corrected chi connectivity index (χ3v) is 5.20. The van der Waals surface area contributed by atoms with Crippen molar-refractivity contribution in [3.05, 3.63) is 94.0 Å². The molecule has 1 saturated heterocycles. The average molecular weight is 453 g/mol. The molecule has 0 spiro atoms. The fourth-order valence-electron chi connectivity index (χ4n) is 3.17. The van der Waals surface area contributed by atoms with Crippen LogP contribution in [0.4, 0.5) is 16.2 Å². The highest BCUT2D eigenvalue weighted by Crippen LogP contribution is 2.35. The van der Waals surface area contributed by atoms with E-state index in [1.807, 2.05) is 0 Å². The molecule has 0 atom stereocenters. The predicted octanol–water partition coefficient (Wildman–Crippen LogP) is 5.28. The van der Waals surface area contributed by atoms with E-state index in [9.17, 15) is 19.5 Å². The van der Waals surface area contributed by atoms with Crippen LogP contribution in [0, 0.1) is 0 Å². The Morgan fingerprint density at radius 3 is 1.55 bits per heavy atom. The standard InChI is InChI=1S/C23H14Cl2N2O4/c24-18-12-14(13-19(25)20(18)28)11-17-21(29)26(15-7-3-1-4-8-15)23(31)27(22(17)30)16-9-5-2-6-10-16/h1-13,28H. The summed E-state index contributed by atoms with van der Waals surface area (Å²) in [6.07, 6.45) is 1.29. The molecule has 1 fully saturated rings. The molecule has 1 aliphatic rings. The molecule has 0 bridgehead atoms. The second-order valence-corrected chi connectivity index (χ2v) is 7.44. The molecule has 154 valence electrons. The zero-order chi connectivity index (χ0) is 22.1. The van der Waals surface area contributed by atoms with Crippen LogP contribution in [0.2, 0.25) is 10.0 Å². The highest BCUT2D eigenvalue weighted by atomic mass is 35.5. The number of carbonyl (C=O) groups is 3. The number of phenolic OH excluding ortho intramolecular Hbond substituents is 1. The number of hydrogen-bond donors (Lipinski definition) is 1. The Morgan fingerprint density at radius 2 is 1.13 bits per heavy atom. The number of para-hydroxylation sites is 2. The molecular weight excluding hydrogens is 439 g/mol. The van der Waals surface area contributed by atoms with Gasteiger partial charge in [-0.3, -0.25) is 9.59 Å². The fraction of sp³-hybridized carbons (Fsp3) is 0. The van der Waals surface area contributed by atoms with Gasteiger partial charge in [-0.1, -0.05) is 59.6 Å². The fourth-order valence-corrected chi connectivity index (χ4v) is 3.68. The van der Waals surface area contributed by atoms with Crippen molar-refractivity contribution in [1.29, 1.82) is 0 Å². The second kappa shape index (κ2) is 8.26. The minimum absolute atomic E-state index is 0.0361. The minimum atomic E-state index is -0.786. The highest BCUT2D eigenvalue weighted by Gasteiger charge is 2.43. The van der Waals surface area contributed by atoms with Gasteiger partial charge in [-0.05, 0) is 48.0 Å². The quantitative estimate of drug-likeness (QED) is 0.432. The maximum absolute atomic E-state index is 13.2. The largest absolute Gasteiger partial charge is 0.505 e. The van der Waals surface area contributed by atoms with E-state index in [2.05, 4.69) is 0 Å². The summed E-state index contributed by atoms with van der Waals surface area (Å²) in [6, 6.07) is 18.6. The smallest absolute Gasteiger partial charge is 0.343 e. The maximum Gasteiger partial charge on any atom is 0.343 e. The van der Waals surface area contributed by atoms with Gasteiger partial charge in [0.1, 0.15) is 5.57 Å². The average Bonchev–Trinajstić information content (AvgIpc) is 2.76. The van der Waals surface area contributed by atoms with E-state index in [1.165, 1.54) is 18.2 Å². The number of urea groups is 1. The molecule has 0 aliphatic carbocycles. The van der Waals surface area contributed by atoms with E-state index < -0.39 is 17.8 Å². The van der Waals surface area contributed by atoms with Crippen LogP contribution < -0.4 is 9.80 Å². The SMILES string of the molecule is O=C1C(=Cc2cc(Cl)c(O)c(Cl)c2)C(=O)N(c2ccccc2)C(=O)N1c1ccccc1. The van der Waals surface area contributed by atoms with Gasteiger partial charge in [-0.15, -0.1) is 0 Å². The first kappa shape index (κ1) is 20.7. The van der Waals surface area contributed by atoms with E-state index in [0.717, 1.165) is 9.80 Å². The number of rotatable bonds is 3. The van der Waals surface area contributed by atoms with Gasteiger partial charge in [-0.25, -0.2) is 14.6 Å². The van der Waals surface area contributed by atoms with Crippen LogP contribution >= 0.6 is 23.2 Å². The molecule has 1 heterocycles. The summed E-state index contributed by atoms with van der Waals surface area (Å²) in [5.74, 6) is -1.87. The van der Waals surface area contributed by atoms with Crippen molar-refractivity contribution in [1.82, 2.24) is 0 Å². The van der Waals surface area contributed by atoms with Crippen LogP contribution in [0.1, 0.15) is 5.56 Å². The number of phenols is 1. The highest BCUT2D eigenvalue weighted by molar-refractivity contribution is 6.46. The van der Waals surface area contributed by atoms with Crippen molar-refractivity contribution in [2.24, 2.45) is 0 Å². The maximum atomic E-state index is 13.2. The molecule has 0 radical (unpaired) electrons. The van der Waals surface area contributed by atoms with Gasteiger partial charge in [-0.2, -0.15) is 0 Å². The Kier molecular flexibility index (Phi) is 5.50. The Hall–Kier alpha value is -3.61. The Bertz CT molecular complexity index is 1140. The summed E-state index contributed by atoms with van der Waals surface area (Å²) >= 11 is 11.9. The summed E-state index contributed by atoms with van der Waals surface area (Å²) in [7, 11) is 0. The predicted molar refractivity (Wildman–Crippen MR) is 119 cm³/mol. The molecule has 0 saturated carbocycles. The number of imide groups is 2. The molecule has 4 amide bonds. The molecule has 1 aliphatic heterocycles. The molecule has 4 rings (SSSR count). The van der Waals surface area contributed by atoms with E-state index in [-0.39, 0.29) is 21.4 Å². The monoisotopic (exact) mass is 452 g/mol. The van der Waals surface area contributed by atoms with Crippen LogP contribution in [0.5, 0.6) is 5.75 Å². The summed E-state index contributed by atoms with van der Waals surface area (Å²) in [5.41, 5.74) is 0.696. The van der Waals surface area contributed by atoms with Gasteiger partial charge in [0.25, 0.3) is 11.8 Å². The molecule has 8 heteroatoms. The summed E-state index contributed by atoms with van der Waals surface area (Å²) in [6.45, 7) is 0. The van der Waals surface area contributed by atoms with Gasteiger partial charge in [0.05, 0.1) is 21.4 Å². The minimum Gasteiger partial charge on any atom is -0.505 e. The first-order chi connectivity index (χ1) is 14.9. The van der Waals surface area contributed by atoms with Crippen LogP contribution in [-0.4, -0.2) is 23.0 Å². The zero-order valence-electron chi connectivity index (χ0n) is 15.8. The normalized spacial score (nSPS) is 14.3. The van der Waals surface area contributed by atoms with Gasteiger partial charge in [0.15, 0.2) is 5.75 Å². The lowest BCUT2D eigenvalue weighted by atomic mass is 10.0. The van der Waals surface area contributed by atoms with Crippen molar-refractivity contribution < 1.29 is 19.5 Å². The van der Waals surface area contributed by atoms with Crippen LogP contribution in [0.15, 0.2) is 78.4 Å². The number of aromatic hydroxyl groups is 1. The number of hydrogen-bond acceptors (Lipinski definition) is 4. The van der Waals surface area contributed by atoms with Crippen molar-refractivity contribution in [3.63, 3.8) is 0 Å². The van der Waals surface area contributed by atoms with Crippen LogP contribution in [0.3, 0.4) is 0 Å². The van der Waals surface area contributed by atoms with E-state index in [1.54, 1.807) is 60.7 Å². The van der Waals surface area contributed by atoms with Gasteiger partial charge >= 0.3 is 6.03 Å². The van der Waals surface area contributed by atoms with Crippen molar-refractivity contribution in [2.45, 2.75) is 0 Å². The molecule has 1 N–H and O–H groups in total. The molecule has 0 aromatic heterocycles. The summed E-state index contributed by atoms with van der Waals surface area (Å²) in [5, 5.41) is 9.70. The lowest BCUT2D eigenvalue weighted by Crippen LogP contribution is -2.57. The van der Waals surface area contributed by atoms with E-state index in [4.69, 9.17) is 23.2 Å². The number of carbonyl (C=O) groups excluding carboxylic acids is 3. The lowest BCUT2D eigenvalue weighted by Gasteiger charge is -2.33. The summed E-state index contributed by atoms with van der Waals surface area (Å²) in [4.78, 5) is 41.6. The third-order valence-electron chi connectivity index (χ3n) is 4.63. The van der Waals surface area contributed by atoms with Crippen molar-refractivity contribution in [3.8, 4) is 5.75 Å². The van der Waals surface area contributed by atoms with Gasteiger partial charge in [0.2, 0.25) is 0 Å². The second-order valence-electron chi connectivity index (χ2n) is 6.63. The lowest BCUT2D eigenvalue weighted by molar-refractivity contribution is -0.121. The third kappa shape index (κ3) is 3.79. The van der Waals surface area contributed by atoms with Crippen molar-refractivity contribution >= 4 is 58.5 Å². The Morgan fingerprint density at radius 1 is 0.710 bits per heavy atom. The molecule has 31 heavy (non-hydrogen) atoms. The zero-order valence-corrected chi connectivity index (χ0v) is 17.3. The van der Waals surface area contributed by atoms with Crippen LogP contribution in [-0.2, 0) is 9.59 Å². The number of nitrogens with zero attached hydrogens (tertiary/aromatic N) is 2. The molecule has 3 aromatic carbocycles. The van der Waals surface area contributed by atoms with Gasteiger partial charge in [0, 0.05) is 0 Å². The number of benzene rings is 3. The molecule has 6 nitrogen and oxygen atoms in total. The molecular formula is C23H14Cl2N2O4. The van der Waals surface area contributed by atoms with Crippen molar-refractivity contribution in [2.75, 3.05) is 9.80 Å². The Balaban J connectivity index is 1.88. The first-order valence-corrected chi connectivity index (χ1v) is 9.86. The summed E-state index contributed by atoms with van der Waals surface area (Å²) < 4.78 is 0. The number of anilines is 2. The number of barbiturate groups is 1. The molecule has 3 aromatic rings. The van der Waals surface area contributed by atoms with E-state index >= 15 is 0 Å². The molecule has 0 unspecified atom stereocenters. The van der Waals surface area contributed by atoms with Gasteiger partial charge < -0.3 is 5.11 Å². The number of halogens is 2. The topological polar surface area (TPSA) is 77.9 Å². The Labute approximate surface area is 187 Å². The van der Waals surface area contributed by atoms with Crippen LogP contribution in [0.25, 0.3) is 6.08 Å². The van der Waals surface area contributed by atoms with E-state index in [0.29, 0.717) is 16.9 Å². The number of amides is 4.